The van der Waals surface area contributed by atoms with E-state index in [2.05, 4.69) is 23.8 Å². The SMILES string of the molecule is CC1CN(C)CCN1Cc1cc(F)cc(C(N)=S)c1. The van der Waals surface area contributed by atoms with Gasteiger partial charge in [-0.15, -0.1) is 0 Å². The number of benzene rings is 1. The minimum atomic E-state index is -0.276. The van der Waals surface area contributed by atoms with E-state index in [1.54, 1.807) is 6.07 Å². The molecule has 1 aromatic rings. The van der Waals surface area contributed by atoms with Crippen molar-refractivity contribution in [3.8, 4) is 0 Å². The Hall–Kier alpha value is -1.04. The van der Waals surface area contributed by atoms with Crippen LogP contribution in [0.4, 0.5) is 4.39 Å². The molecule has 1 saturated heterocycles. The molecule has 1 aliphatic heterocycles. The molecule has 1 fully saturated rings. The van der Waals surface area contributed by atoms with Crippen LogP contribution in [-0.4, -0.2) is 47.5 Å². The molecule has 5 heteroatoms. The summed E-state index contributed by atoms with van der Waals surface area (Å²) in [5.41, 5.74) is 7.11. The predicted octanol–water partition coefficient (Wildman–Crippen LogP) is 1.60. The van der Waals surface area contributed by atoms with E-state index >= 15 is 0 Å². The van der Waals surface area contributed by atoms with Gasteiger partial charge in [0.25, 0.3) is 0 Å². The highest BCUT2D eigenvalue weighted by Gasteiger charge is 2.21. The number of hydrogen-bond donors (Lipinski definition) is 1. The van der Waals surface area contributed by atoms with E-state index in [4.69, 9.17) is 18.0 Å². The van der Waals surface area contributed by atoms with E-state index in [1.165, 1.54) is 6.07 Å². The number of nitrogens with zero attached hydrogens (tertiary/aromatic N) is 2. The van der Waals surface area contributed by atoms with Crippen molar-refractivity contribution in [1.82, 2.24) is 9.80 Å². The zero-order chi connectivity index (χ0) is 14.0. The van der Waals surface area contributed by atoms with Gasteiger partial charge in [0.05, 0.1) is 0 Å². The first kappa shape index (κ1) is 14.4. The number of likely N-dealkylation sites (N-methyl/N-ethyl adjacent to an activating group) is 1. The monoisotopic (exact) mass is 281 g/mol. The average Bonchev–Trinajstić information content (AvgIpc) is 2.32. The third-order valence-electron chi connectivity index (χ3n) is 3.60. The van der Waals surface area contributed by atoms with E-state index in [0.29, 0.717) is 11.6 Å². The third kappa shape index (κ3) is 3.72. The lowest BCUT2D eigenvalue weighted by molar-refractivity contribution is 0.0937. The van der Waals surface area contributed by atoms with Gasteiger partial charge in [0, 0.05) is 37.8 Å². The summed E-state index contributed by atoms with van der Waals surface area (Å²) in [7, 11) is 2.13. The molecule has 2 N–H and O–H groups in total. The standard InChI is InChI=1S/C14H20FN3S/c1-10-8-17(2)3-4-18(10)9-11-5-12(14(16)19)7-13(15)6-11/h5-7,10H,3-4,8-9H2,1-2H3,(H2,16,19). The highest BCUT2D eigenvalue weighted by molar-refractivity contribution is 7.80. The Kier molecular flexibility index (Phi) is 4.50. The van der Waals surface area contributed by atoms with Crippen LogP contribution < -0.4 is 5.73 Å². The molecule has 104 valence electrons. The second kappa shape index (κ2) is 5.94. The number of piperazine rings is 1. The molecule has 1 heterocycles. The fourth-order valence-corrected chi connectivity index (χ4v) is 2.65. The molecule has 2 rings (SSSR count). The van der Waals surface area contributed by atoms with Gasteiger partial charge in [-0.1, -0.05) is 12.2 Å². The molecular formula is C14H20FN3S. The molecule has 0 bridgehead atoms. The Morgan fingerprint density at radius 2 is 2.16 bits per heavy atom. The average molecular weight is 281 g/mol. The van der Waals surface area contributed by atoms with Crippen molar-refractivity contribution >= 4 is 17.2 Å². The highest BCUT2D eigenvalue weighted by Crippen LogP contribution is 2.16. The molecule has 0 spiro atoms. The largest absolute Gasteiger partial charge is 0.389 e. The normalized spacial score (nSPS) is 21.5. The van der Waals surface area contributed by atoms with Crippen molar-refractivity contribution in [2.45, 2.75) is 19.5 Å². The van der Waals surface area contributed by atoms with Gasteiger partial charge in [0.2, 0.25) is 0 Å². The summed E-state index contributed by atoms with van der Waals surface area (Å²) in [4.78, 5) is 4.91. The van der Waals surface area contributed by atoms with Gasteiger partial charge < -0.3 is 10.6 Å². The van der Waals surface area contributed by atoms with Crippen molar-refractivity contribution in [3.63, 3.8) is 0 Å². The van der Waals surface area contributed by atoms with Crippen LogP contribution in [-0.2, 0) is 6.54 Å². The molecule has 19 heavy (non-hydrogen) atoms. The maximum atomic E-state index is 13.6. The molecule has 0 radical (unpaired) electrons. The Bertz CT molecular complexity index is 478. The fraction of sp³-hybridized carbons (Fsp3) is 0.500. The minimum absolute atomic E-state index is 0.243. The maximum absolute atomic E-state index is 13.6. The van der Waals surface area contributed by atoms with Gasteiger partial charge in [-0.25, -0.2) is 4.39 Å². The van der Waals surface area contributed by atoms with E-state index in [0.717, 1.165) is 31.7 Å². The number of hydrogen-bond acceptors (Lipinski definition) is 3. The number of thiocarbonyl (C=S) groups is 1. The van der Waals surface area contributed by atoms with E-state index in [-0.39, 0.29) is 10.8 Å². The van der Waals surface area contributed by atoms with Crippen LogP contribution in [0, 0.1) is 5.82 Å². The number of rotatable bonds is 3. The summed E-state index contributed by atoms with van der Waals surface area (Å²) in [6, 6.07) is 5.30. The Morgan fingerprint density at radius 3 is 2.79 bits per heavy atom. The van der Waals surface area contributed by atoms with Crippen molar-refractivity contribution in [2.24, 2.45) is 5.73 Å². The van der Waals surface area contributed by atoms with Crippen LogP contribution in [0.2, 0.25) is 0 Å². The molecule has 0 amide bonds. The van der Waals surface area contributed by atoms with Crippen LogP contribution in [0.3, 0.4) is 0 Å². The molecule has 3 nitrogen and oxygen atoms in total. The summed E-state index contributed by atoms with van der Waals surface area (Å²) < 4.78 is 13.6. The van der Waals surface area contributed by atoms with E-state index in [1.807, 2.05) is 6.07 Å². The highest BCUT2D eigenvalue weighted by atomic mass is 32.1. The smallest absolute Gasteiger partial charge is 0.124 e. The molecule has 0 aliphatic carbocycles. The second-order valence-electron chi connectivity index (χ2n) is 5.29. The van der Waals surface area contributed by atoms with Crippen molar-refractivity contribution < 1.29 is 4.39 Å². The lowest BCUT2D eigenvalue weighted by atomic mass is 10.1. The maximum Gasteiger partial charge on any atom is 0.124 e. The molecule has 0 saturated carbocycles. The Labute approximate surface area is 119 Å². The first-order valence-corrected chi connectivity index (χ1v) is 6.88. The summed E-state index contributed by atoms with van der Waals surface area (Å²) in [5, 5.41) is 0. The van der Waals surface area contributed by atoms with Crippen LogP contribution in [0.15, 0.2) is 18.2 Å². The molecule has 1 atom stereocenters. The molecular weight excluding hydrogens is 261 g/mol. The topological polar surface area (TPSA) is 32.5 Å². The summed E-state index contributed by atoms with van der Waals surface area (Å²) >= 11 is 4.92. The van der Waals surface area contributed by atoms with Gasteiger partial charge in [-0.05, 0) is 37.7 Å². The van der Waals surface area contributed by atoms with Gasteiger partial charge in [-0.2, -0.15) is 0 Å². The summed E-state index contributed by atoms with van der Waals surface area (Å²) in [6.07, 6.45) is 0. The summed E-state index contributed by atoms with van der Waals surface area (Å²) in [6.45, 7) is 6.02. The molecule has 1 aromatic carbocycles. The van der Waals surface area contributed by atoms with Crippen molar-refractivity contribution in [2.75, 3.05) is 26.7 Å². The number of halogens is 1. The third-order valence-corrected chi connectivity index (χ3v) is 3.83. The molecule has 1 aliphatic rings. The van der Waals surface area contributed by atoms with Crippen LogP contribution in [0.25, 0.3) is 0 Å². The minimum Gasteiger partial charge on any atom is -0.389 e. The van der Waals surface area contributed by atoms with Gasteiger partial charge in [-0.3, -0.25) is 4.90 Å². The number of nitrogens with two attached hydrogens (primary N) is 1. The molecule has 0 aromatic heterocycles. The lowest BCUT2D eigenvalue weighted by Crippen LogP contribution is -2.49. The Morgan fingerprint density at radius 1 is 1.42 bits per heavy atom. The van der Waals surface area contributed by atoms with Crippen LogP contribution in [0.5, 0.6) is 0 Å². The second-order valence-corrected chi connectivity index (χ2v) is 5.73. The summed E-state index contributed by atoms with van der Waals surface area (Å²) in [5.74, 6) is -0.276. The van der Waals surface area contributed by atoms with E-state index in [9.17, 15) is 4.39 Å². The van der Waals surface area contributed by atoms with Crippen molar-refractivity contribution in [3.05, 3.63) is 35.1 Å². The van der Waals surface area contributed by atoms with Crippen molar-refractivity contribution in [1.29, 1.82) is 0 Å². The van der Waals surface area contributed by atoms with Gasteiger partial charge in [0.1, 0.15) is 10.8 Å². The fourth-order valence-electron chi connectivity index (χ4n) is 2.53. The van der Waals surface area contributed by atoms with E-state index < -0.39 is 0 Å². The zero-order valence-electron chi connectivity index (χ0n) is 11.4. The Balaban J connectivity index is 2.12. The zero-order valence-corrected chi connectivity index (χ0v) is 12.2. The lowest BCUT2D eigenvalue weighted by Gasteiger charge is -2.38. The van der Waals surface area contributed by atoms with Gasteiger partial charge in [0.15, 0.2) is 0 Å². The molecule has 1 unspecified atom stereocenters. The first-order valence-electron chi connectivity index (χ1n) is 6.47. The predicted molar refractivity (Wildman–Crippen MR) is 79.7 cm³/mol. The first-order chi connectivity index (χ1) is 8.95. The van der Waals surface area contributed by atoms with Gasteiger partial charge >= 0.3 is 0 Å². The van der Waals surface area contributed by atoms with Crippen LogP contribution >= 0.6 is 12.2 Å². The quantitative estimate of drug-likeness (QED) is 0.853. The van der Waals surface area contributed by atoms with Crippen LogP contribution in [0.1, 0.15) is 18.1 Å².